The smallest absolute Gasteiger partial charge is 0.453 e. The van der Waals surface area contributed by atoms with Gasteiger partial charge in [0.1, 0.15) is 11.6 Å². The topological polar surface area (TPSA) is 111 Å². The maximum atomic E-state index is 13.1. The summed E-state index contributed by atoms with van der Waals surface area (Å²) in [5.41, 5.74) is -1.32. The van der Waals surface area contributed by atoms with Crippen molar-refractivity contribution in [3.05, 3.63) is 69.4 Å². The Hall–Kier alpha value is -4.06. The van der Waals surface area contributed by atoms with Gasteiger partial charge in [0, 0.05) is 12.6 Å². The lowest BCUT2D eigenvalue weighted by atomic mass is 10.2. The zero-order valence-corrected chi connectivity index (χ0v) is 18.0. The number of nitrogens with one attached hydrogen (secondary N) is 1. The Labute approximate surface area is 189 Å². The van der Waals surface area contributed by atoms with E-state index in [1.54, 1.807) is 30.3 Å². The zero-order valence-electron chi connectivity index (χ0n) is 18.0. The van der Waals surface area contributed by atoms with Crippen molar-refractivity contribution in [3.8, 4) is 28.6 Å². The van der Waals surface area contributed by atoms with Gasteiger partial charge in [0.2, 0.25) is 0 Å². The van der Waals surface area contributed by atoms with Gasteiger partial charge in [-0.1, -0.05) is 18.2 Å². The first-order valence-electron chi connectivity index (χ1n) is 10.0. The number of para-hydroxylation sites is 1. The van der Waals surface area contributed by atoms with Crippen molar-refractivity contribution in [1.82, 2.24) is 19.1 Å². The first-order chi connectivity index (χ1) is 16.0. The molecule has 4 rings (SSSR count). The number of aliphatic hydroxyl groups is 1. The minimum Gasteiger partial charge on any atom is -0.453 e. The van der Waals surface area contributed by atoms with Crippen molar-refractivity contribution < 1.29 is 27.8 Å². The molecule has 0 amide bonds. The predicted octanol–water partition coefficient (Wildman–Crippen LogP) is 3.16. The van der Waals surface area contributed by atoms with E-state index in [4.69, 9.17) is 4.74 Å². The fourth-order valence-electron chi connectivity index (χ4n) is 3.49. The largest absolute Gasteiger partial charge is 0.573 e. The SMILES string of the molecule is CC(O)Cn1c(=O)[nH]c(=O)c2c1nc(-c1ccc(Oc3ccccc3)c(OC(F)(F)F)c1)n2C. The number of H-pyrrole nitrogens is 1. The fraction of sp³-hybridized carbons (Fsp3) is 0.227. The van der Waals surface area contributed by atoms with Crippen molar-refractivity contribution in [2.75, 3.05) is 0 Å². The zero-order chi connectivity index (χ0) is 24.6. The number of imidazole rings is 1. The average Bonchev–Trinajstić information content (AvgIpc) is 3.09. The van der Waals surface area contributed by atoms with E-state index in [1.165, 1.54) is 30.7 Å². The van der Waals surface area contributed by atoms with Crippen molar-refractivity contribution in [3.63, 3.8) is 0 Å². The summed E-state index contributed by atoms with van der Waals surface area (Å²) in [5, 5.41) is 9.73. The van der Waals surface area contributed by atoms with Gasteiger partial charge >= 0.3 is 12.1 Å². The highest BCUT2D eigenvalue weighted by molar-refractivity contribution is 5.77. The van der Waals surface area contributed by atoms with E-state index in [-0.39, 0.29) is 34.8 Å². The Bertz CT molecular complexity index is 1460. The van der Waals surface area contributed by atoms with Crippen LogP contribution in [0.4, 0.5) is 13.2 Å². The van der Waals surface area contributed by atoms with Crippen LogP contribution in [0.25, 0.3) is 22.6 Å². The predicted molar refractivity (Wildman–Crippen MR) is 116 cm³/mol. The number of aromatic nitrogens is 4. The monoisotopic (exact) mass is 476 g/mol. The van der Waals surface area contributed by atoms with Crippen molar-refractivity contribution in [2.45, 2.75) is 25.9 Å². The van der Waals surface area contributed by atoms with Gasteiger partial charge in [0.05, 0.1) is 12.6 Å². The third-order valence-corrected chi connectivity index (χ3v) is 4.86. The summed E-state index contributed by atoms with van der Waals surface area (Å²) in [6.45, 7) is 1.31. The number of hydrogen-bond donors (Lipinski definition) is 2. The van der Waals surface area contributed by atoms with Gasteiger partial charge in [0.15, 0.2) is 22.7 Å². The van der Waals surface area contributed by atoms with Crippen LogP contribution in [0.15, 0.2) is 58.1 Å². The molecule has 4 aromatic rings. The molecule has 2 aromatic carbocycles. The van der Waals surface area contributed by atoms with Crippen LogP contribution in [0, 0.1) is 0 Å². The molecule has 0 radical (unpaired) electrons. The van der Waals surface area contributed by atoms with E-state index in [1.807, 2.05) is 0 Å². The van der Waals surface area contributed by atoms with Crippen LogP contribution in [0.5, 0.6) is 17.2 Å². The van der Waals surface area contributed by atoms with Gasteiger partial charge in [-0.15, -0.1) is 13.2 Å². The minimum atomic E-state index is -4.99. The maximum Gasteiger partial charge on any atom is 0.573 e. The molecule has 2 N–H and O–H groups in total. The number of benzene rings is 2. The number of rotatable bonds is 6. The lowest BCUT2D eigenvalue weighted by molar-refractivity contribution is -0.275. The maximum absolute atomic E-state index is 13.1. The summed E-state index contributed by atoms with van der Waals surface area (Å²) in [4.78, 5) is 31.2. The van der Waals surface area contributed by atoms with Crippen LogP contribution in [-0.2, 0) is 13.6 Å². The van der Waals surface area contributed by atoms with E-state index < -0.39 is 29.5 Å². The van der Waals surface area contributed by atoms with Crippen LogP contribution in [0.3, 0.4) is 0 Å². The number of fused-ring (bicyclic) bond motifs is 1. The molecule has 0 aliphatic heterocycles. The number of aryl methyl sites for hydroxylation is 1. The third-order valence-electron chi connectivity index (χ3n) is 4.86. The van der Waals surface area contributed by atoms with Gasteiger partial charge in [-0.25, -0.2) is 9.78 Å². The summed E-state index contributed by atoms with van der Waals surface area (Å²) in [6, 6.07) is 12.0. The number of alkyl halides is 3. The molecular weight excluding hydrogens is 457 g/mol. The van der Waals surface area contributed by atoms with E-state index in [0.29, 0.717) is 5.75 Å². The second kappa shape index (κ2) is 8.71. The number of hydrogen-bond acceptors (Lipinski definition) is 6. The molecule has 0 aliphatic carbocycles. The molecule has 12 heteroatoms. The average molecular weight is 476 g/mol. The first kappa shape index (κ1) is 23.1. The van der Waals surface area contributed by atoms with Crippen molar-refractivity contribution >= 4 is 11.2 Å². The first-order valence-corrected chi connectivity index (χ1v) is 10.0. The van der Waals surface area contributed by atoms with Gasteiger partial charge < -0.3 is 19.1 Å². The molecule has 0 bridgehead atoms. The molecule has 0 fully saturated rings. The Balaban J connectivity index is 1.87. The van der Waals surface area contributed by atoms with Crippen LogP contribution in [0.1, 0.15) is 6.92 Å². The van der Waals surface area contributed by atoms with E-state index in [9.17, 15) is 27.9 Å². The molecule has 1 atom stereocenters. The highest BCUT2D eigenvalue weighted by Gasteiger charge is 2.33. The fourth-order valence-corrected chi connectivity index (χ4v) is 3.49. The number of nitrogens with zero attached hydrogens (tertiary/aromatic N) is 3. The summed E-state index contributed by atoms with van der Waals surface area (Å²) < 4.78 is 51.5. The number of aromatic amines is 1. The van der Waals surface area contributed by atoms with Gasteiger partial charge in [-0.05, 0) is 37.3 Å². The van der Waals surface area contributed by atoms with Crippen molar-refractivity contribution in [1.29, 1.82) is 0 Å². The number of halogens is 3. The highest BCUT2D eigenvalue weighted by atomic mass is 19.4. The highest BCUT2D eigenvalue weighted by Crippen LogP contribution is 2.38. The Morgan fingerprint density at radius 1 is 1.12 bits per heavy atom. The summed E-state index contributed by atoms with van der Waals surface area (Å²) >= 11 is 0. The van der Waals surface area contributed by atoms with Gasteiger partial charge in [-0.2, -0.15) is 0 Å². The van der Waals surface area contributed by atoms with Gasteiger partial charge in [0.25, 0.3) is 5.56 Å². The van der Waals surface area contributed by atoms with E-state index in [0.717, 1.165) is 10.6 Å². The normalized spacial score (nSPS) is 12.6. The quantitative estimate of drug-likeness (QED) is 0.442. The molecule has 1 unspecified atom stereocenters. The van der Waals surface area contributed by atoms with Crippen LogP contribution in [0.2, 0.25) is 0 Å². The van der Waals surface area contributed by atoms with Crippen LogP contribution < -0.4 is 20.7 Å². The Morgan fingerprint density at radius 2 is 1.82 bits per heavy atom. The molecule has 178 valence electrons. The molecule has 2 aromatic heterocycles. The molecule has 2 heterocycles. The number of aliphatic hydroxyl groups excluding tert-OH is 1. The molecular formula is C22H19F3N4O5. The van der Waals surface area contributed by atoms with Crippen molar-refractivity contribution in [2.24, 2.45) is 7.05 Å². The third kappa shape index (κ3) is 4.66. The molecule has 9 nitrogen and oxygen atoms in total. The van der Waals surface area contributed by atoms with E-state index >= 15 is 0 Å². The summed E-state index contributed by atoms with van der Waals surface area (Å²) in [5.74, 6) is -0.395. The molecule has 0 aliphatic rings. The second-order valence-electron chi connectivity index (χ2n) is 7.51. The number of ether oxygens (including phenoxy) is 2. The van der Waals surface area contributed by atoms with Crippen LogP contribution in [-0.4, -0.2) is 36.7 Å². The molecule has 0 saturated heterocycles. The summed E-state index contributed by atoms with van der Waals surface area (Å²) in [7, 11) is 1.48. The van der Waals surface area contributed by atoms with Gasteiger partial charge in [-0.3, -0.25) is 14.3 Å². The Kier molecular flexibility index (Phi) is 5.92. The van der Waals surface area contributed by atoms with E-state index in [2.05, 4.69) is 14.7 Å². The van der Waals surface area contributed by atoms with Crippen LogP contribution >= 0.6 is 0 Å². The molecule has 34 heavy (non-hydrogen) atoms. The molecule has 0 spiro atoms. The summed E-state index contributed by atoms with van der Waals surface area (Å²) in [6.07, 6.45) is -5.91. The lowest BCUT2D eigenvalue weighted by Crippen LogP contribution is -2.33. The Morgan fingerprint density at radius 3 is 2.47 bits per heavy atom. The standard InChI is InChI=1S/C22H19F3N4O5/c1-12(30)11-29-19-17(20(31)27-21(29)32)28(2)18(26-19)13-8-9-15(16(10-13)34-22(23,24)25)33-14-6-4-3-5-7-14/h3-10,12,30H,11H2,1-2H3,(H,27,31,32). The lowest BCUT2D eigenvalue weighted by Gasteiger charge is -2.15. The second-order valence-corrected chi connectivity index (χ2v) is 7.51. The minimum absolute atomic E-state index is 0.0122. The molecule has 0 saturated carbocycles.